The molecule has 1 N–H and O–H groups in total. The van der Waals surface area contributed by atoms with Gasteiger partial charge in [-0.2, -0.15) is 0 Å². The van der Waals surface area contributed by atoms with Crippen molar-refractivity contribution in [2.45, 2.75) is 13.5 Å². The Labute approximate surface area is 93.1 Å². The van der Waals surface area contributed by atoms with Gasteiger partial charge in [0.1, 0.15) is 5.75 Å². The number of nitrogens with zero attached hydrogens (tertiary/aromatic N) is 1. The lowest BCUT2D eigenvalue weighted by Crippen LogP contribution is -1.94. The first-order valence-corrected chi connectivity index (χ1v) is 5.07. The summed E-state index contributed by atoms with van der Waals surface area (Å²) in [6, 6.07) is 5.41. The number of aromatic carboxylic acids is 1. The minimum atomic E-state index is -0.901. The van der Waals surface area contributed by atoms with Crippen LogP contribution in [-0.2, 0) is 6.54 Å². The zero-order chi connectivity index (χ0) is 11.7. The third kappa shape index (κ3) is 1.52. The Kier molecular flexibility index (Phi) is 2.56. The fourth-order valence-corrected chi connectivity index (χ4v) is 1.83. The van der Waals surface area contributed by atoms with Gasteiger partial charge in [-0.05, 0) is 19.1 Å². The van der Waals surface area contributed by atoms with Crippen molar-refractivity contribution in [1.82, 2.24) is 4.57 Å². The topological polar surface area (TPSA) is 51.5 Å². The maximum Gasteiger partial charge on any atom is 0.337 e. The Balaban J connectivity index is 2.74. The van der Waals surface area contributed by atoms with E-state index in [0.717, 1.165) is 23.2 Å². The number of carbonyl (C=O) groups is 1. The van der Waals surface area contributed by atoms with Crippen molar-refractivity contribution in [3.8, 4) is 5.75 Å². The number of aromatic nitrogens is 1. The lowest BCUT2D eigenvalue weighted by Gasteiger charge is -2.02. The third-order valence-electron chi connectivity index (χ3n) is 2.66. The van der Waals surface area contributed by atoms with Crippen LogP contribution in [0.3, 0.4) is 0 Å². The largest absolute Gasteiger partial charge is 0.497 e. The van der Waals surface area contributed by atoms with Gasteiger partial charge in [-0.15, -0.1) is 0 Å². The van der Waals surface area contributed by atoms with Crippen molar-refractivity contribution in [1.29, 1.82) is 0 Å². The molecule has 1 heterocycles. The molecule has 0 atom stereocenters. The molecule has 4 heteroatoms. The minimum Gasteiger partial charge on any atom is -0.497 e. The predicted molar refractivity (Wildman–Crippen MR) is 61.1 cm³/mol. The van der Waals surface area contributed by atoms with Crippen LogP contribution in [0.25, 0.3) is 10.9 Å². The van der Waals surface area contributed by atoms with E-state index in [2.05, 4.69) is 0 Å². The van der Waals surface area contributed by atoms with E-state index in [4.69, 9.17) is 9.84 Å². The van der Waals surface area contributed by atoms with Crippen molar-refractivity contribution < 1.29 is 14.6 Å². The molecule has 4 nitrogen and oxygen atoms in total. The molecule has 0 bridgehead atoms. The van der Waals surface area contributed by atoms with Gasteiger partial charge in [0.15, 0.2) is 0 Å². The van der Waals surface area contributed by atoms with Crippen LogP contribution in [0, 0.1) is 0 Å². The molecule has 0 unspecified atom stereocenters. The second kappa shape index (κ2) is 3.89. The molecular weight excluding hydrogens is 206 g/mol. The van der Waals surface area contributed by atoms with E-state index >= 15 is 0 Å². The fourth-order valence-electron chi connectivity index (χ4n) is 1.83. The van der Waals surface area contributed by atoms with E-state index in [9.17, 15) is 4.79 Å². The van der Waals surface area contributed by atoms with E-state index in [1.807, 2.05) is 17.6 Å². The SMILES string of the molecule is CCn1cc(C(=O)O)c2ccc(OC)cc21. The van der Waals surface area contributed by atoms with Gasteiger partial charge in [0.2, 0.25) is 0 Å². The van der Waals surface area contributed by atoms with Gasteiger partial charge >= 0.3 is 5.97 Å². The summed E-state index contributed by atoms with van der Waals surface area (Å²) in [6.07, 6.45) is 1.66. The van der Waals surface area contributed by atoms with Gasteiger partial charge in [-0.25, -0.2) is 4.79 Å². The number of fused-ring (bicyclic) bond motifs is 1. The monoisotopic (exact) mass is 219 g/mol. The predicted octanol–water partition coefficient (Wildman–Crippen LogP) is 2.37. The van der Waals surface area contributed by atoms with Crippen LogP contribution in [0.2, 0.25) is 0 Å². The average Bonchev–Trinajstić information content (AvgIpc) is 2.66. The first-order valence-electron chi connectivity index (χ1n) is 5.07. The second-order valence-electron chi connectivity index (χ2n) is 3.52. The van der Waals surface area contributed by atoms with Crippen molar-refractivity contribution in [3.63, 3.8) is 0 Å². The minimum absolute atomic E-state index is 0.333. The van der Waals surface area contributed by atoms with Crippen LogP contribution in [0.5, 0.6) is 5.75 Å². The van der Waals surface area contributed by atoms with Crippen LogP contribution in [0.4, 0.5) is 0 Å². The smallest absolute Gasteiger partial charge is 0.337 e. The zero-order valence-corrected chi connectivity index (χ0v) is 9.23. The molecule has 1 aromatic carbocycles. The third-order valence-corrected chi connectivity index (χ3v) is 2.66. The van der Waals surface area contributed by atoms with Crippen LogP contribution >= 0.6 is 0 Å². The highest BCUT2D eigenvalue weighted by atomic mass is 16.5. The van der Waals surface area contributed by atoms with Crippen molar-refractivity contribution >= 4 is 16.9 Å². The maximum atomic E-state index is 11.1. The quantitative estimate of drug-likeness (QED) is 0.862. The average molecular weight is 219 g/mol. The summed E-state index contributed by atoms with van der Waals surface area (Å²) >= 11 is 0. The van der Waals surface area contributed by atoms with Gasteiger partial charge in [0, 0.05) is 24.2 Å². The van der Waals surface area contributed by atoms with Gasteiger partial charge in [0.05, 0.1) is 18.2 Å². The highest BCUT2D eigenvalue weighted by molar-refractivity contribution is 6.03. The number of aryl methyl sites for hydroxylation is 1. The molecule has 0 radical (unpaired) electrons. The Morgan fingerprint density at radius 3 is 2.81 bits per heavy atom. The number of ether oxygens (including phenoxy) is 1. The molecule has 0 saturated carbocycles. The zero-order valence-electron chi connectivity index (χ0n) is 9.23. The van der Waals surface area contributed by atoms with Crippen LogP contribution in [0.15, 0.2) is 24.4 Å². The number of hydrogen-bond acceptors (Lipinski definition) is 2. The first-order chi connectivity index (χ1) is 7.67. The van der Waals surface area contributed by atoms with Crippen molar-refractivity contribution in [2.75, 3.05) is 7.11 Å². The number of hydrogen-bond donors (Lipinski definition) is 1. The summed E-state index contributed by atoms with van der Waals surface area (Å²) < 4.78 is 7.03. The highest BCUT2D eigenvalue weighted by Gasteiger charge is 2.13. The van der Waals surface area contributed by atoms with Crippen LogP contribution in [-0.4, -0.2) is 22.8 Å². The molecule has 0 aliphatic rings. The summed E-state index contributed by atoms with van der Waals surface area (Å²) in [6.45, 7) is 2.71. The summed E-state index contributed by atoms with van der Waals surface area (Å²) in [7, 11) is 1.60. The molecule has 0 saturated heterocycles. The molecule has 0 amide bonds. The van der Waals surface area contributed by atoms with Crippen LogP contribution in [0.1, 0.15) is 17.3 Å². The molecule has 0 fully saturated rings. The number of carboxylic acid groups (broad SMARTS) is 1. The summed E-state index contributed by atoms with van der Waals surface area (Å²) in [5, 5.41) is 9.82. The summed E-state index contributed by atoms with van der Waals surface area (Å²) in [5.74, 6) is -0.167. The van der Waals surface area contributed by atoms with E-state index < -0.39 is 5.97 Å². The van der Waals surface area contributed by atoms with Crippen LogP contribution < -0.4 is 4.74 Å². The molecule has 0 aliphatic heterocycles. The Morgan fingerprint density at radius 2 is 2.25 bits per heavy atom. The van der Waals surface area contributed by atoms with Gasteiger partial charge in [-0.1, -0.05) is 0 Å². The molecule has 0 aliphatic carbocycles. The van der Waals surface area contributed by atoms with E-state index in [-0.39, 0.29) is 0 Å². The van der Waals surface area contributed by atoms with Crippen molar-refractivity contribution in [2.24, 2.45) is 0 Å². The van der Waals surface area contributed by atoms with Crippen molar-refractivity contribution in [3.05, 3.63) is 30.0 Å². The lowest BCUT2D eigenvalue weighted by atomic mass is 10.2. The lowest BCUT2D eigenvalue weighted by molar-refractivity contribution is 0.0699. The Morgan fingerprint density at radius 1 is 1.50 bits per heavy atom. The normalized spacial score (nSPS) is 10.6. The molecular formula is C12H13NO3. The molecule has 16 heavy (non-hydrogen) atoms. The highest BCUT2D eigenvalue weighted by Crippen LogP contribution is 2.25. The number of carboxylic acids is 1. The summed E-state index contributed by atoms with van der Waals surface area (Å²) in [5.41, 5.74) is 1.22. The van der Waals surface area contributed by atoms with Gasteiger partial charge in [-0.3, -0.25) is 0 Å². The van der Waals surface area contributed by atoms with Gasteiger partial charge < -0.3 is 14.4 Å². The molecule has 2 aromatic rings. The Bertz CT molecular complexity index is 542. The Hall–Kier alpha value is -1.97. The maximum absolute atomic E-state index is 11.1. The first kappa shape index (κ1) is 10.5. The second-order valence-corrected chi connectivity index (χ2v) is 3.52. The summed E-state index contributed by atoms with van der Waals surface area (Å²) in [4.78, 5) is 11.1. The molecule has 0 spiro atoms. The molecule has 2 rings (SSSR count). The molecule has 84 valence electrons. The molecule has 1 aromatic heterocycles. The fraction of sp³-hybridized carbons (Fsp3) is 0.250. The van der Waals surface area contributed by atoms with E-state index in [1.54, 1.807) is 25.4 Å². The number of methoxy groups -OCH3 is 1. The van der Waals surface area contributed by atoms with E-state index in [0.29, 0.717) is 5.56 Å². The van der Waals surface area contributed by atoms with Gasteiger partial charge in [0.25, 0.3) is 0 Å². The number of rotatable bonds is 3. The standard InChI is InChI=1S/C12H13NO3/c1-3-13-7-10(12(14)15)9-5-4-8(16-2)6-11(9)13/h4-7H,3H2,1-2H3,(H,14,15). The number of benzene rings is 1. The van der Waals surface area contributed by atoms with E-state index in [1.165, 1.54) is 0 Å².